The summed E-state index contributed by atoms with van der Waals surface area (Å²) in [5.41, 5.74) is 0.972. The molecular formula is C17H19ClN2O2. The number of hydrogen-bond donors (Lipinski definition) is 0. The number of rotatable bonds is 7. The highest BCUT2D eigenvalue weighted by Gasteiger charge is 2.13. The van der Waals surface area contributed by atoms with E-state index in [4.69, 9.17) is 16.3 Å². The van der Waals surface area contributed by atoms with Crippen molar-refractivity contribution < 1.29 is 9.53 Å². The summed E-state index contributed by atoms with van der Waals surface area (Å²) in [4.78, 5) is 18.4. The maximum atomic E-state index is 12.3. The van der Waals surface area contributed by atoms with E-state index in [0.29, 0.717) is 17.7 Å². The second-order valence-electron chi connectivity index (χ2n) is 5.20. The number of hydrogen-bond acceptors (Lipinski definition) is 4. The van der Waals surface area contributed by atoms with Gasteiger partial charge in [-0.05, 0) is 56.9 Å². The summed E-state index contributed by atoms with van der Waals surface area (Å²) < 4.78 is 5.64. The van der Waals surface area contributed by atoms with E-state index in [-0.39, 0.29) is 10.9 Å². The van der Waals surface area contributed by atoms with Crippen LogP contribution in [0.2, 0.25) is 5.15 Å². The third-order valence-electron chi connectivity index (χ3n) is 3.14. The molecule has 0 aliphatic carbocycles. The zero-order valence-corrected chi connectivity index (χ0v) is 13.5. The Labute approximate surface area is 135 Å². The second-order valence-corrected chi connectivity index (χ2v) is 5.56. The molecule has 1 aromatic carbocycles. The molecule has 0 aliphatic rings. The van der Waals surface area contributed by atoms with Crippen LogP contribution >= 0.6 is 11.6 Å². The fourth-order valence-electron chi connectivity index (χ4n) is 1.98. The van der Waals surface area contributed by atoms with Crippen LogP contribution in [0.25, 0.3) is 0 Å². The Balaban J connectivity index is 1.97. The molecular weight excluding hydrogens is 300 g/mol. The predicted octanol–water partition coefficient (Wildman–Crippen LogP) is 3.30. The number of aromatic nitrogens is 1. The molecule has 0 saturated carbocycles. The molecule has 0 fully saturated rings. The molecule has 0 unspecified atom stereocenters. The molecule has 2 rings (SSSR count). The first-order valence-electron chi connectivity index (χ1n) is 7.11. The Hall–Kier alpha value is -1.91. The predicted molar refractivity (Wildman–Crippen MR) is 87.8 cm³/mol. The summed E-state index contributed by atoms with van der Waals surface area (Å²) in [6.07, 6.45) is 2.52. The van der Waals surface area contributed by atoms with Crippen LogP contribution in [0, 0.1) is 0 Å². The van der Waals surface area contributed by atoms with Crippen LogP contribution in [0.15, 0.2) is 42.6 Å². The van der Waals surface area contributed by atoms with Gasteiger partial charge in [-0.1, -0.05) is 11.6 Å². The third kappa shape index (κ3) is 4.55. The zero-order valence-electron chi connectivity index (χ0n) is 12.8. The highest BCUT2D eigenvalue weighted by Crippen LogP contribution is 2.19. The maximum absolute atomic E-state index is 12.3. The average Bonchev–Trinajstić information content (AvgIpc) is 2.52. The van der Waals surface area contributed by atoms with Crippen molar-refractivity contribution in [3.63, 3.8) is 0 Å². The zero-order chi connectivity index (χ0) is 15.9. The largest absolute Gasteiger partial charge is 0.494 e. The first-order valence-corrected chi connectivity index (χ1v) is 7.48. The molecule has 22 heavy (non-hydrogen) atoms. The van der Waals surface area contributed by atoms with Crippen molar-refractivity contribution in [2.45, 2.75) is 6.42 Å². The normalized spacial score (nSPS) is 10.7. The molecule has 0 amide bonds. The molecule has 1 aromatic heterocycles. The lowest BCUT2D eigenvalue weighted by molar-refractivity contribution is 0.103. The van der Waals surface area contributed by atoms with E-state index in [9.17, 15) is 4.79 Å². The molecule has 5 heteroatoms. The molecule has 0 atom stereocenters. The maximum Gasteiger partial charge on any atom is 0.196 e. The van der Waals surface area contributed by atoms with Gasteiger partial charge in [0.2, 0.25) is 0 Å². The standard InChI is InChI=1S/C17H19ClN2O2/c1-20(2)11-4-12-22-14-8-6-13(7-9-14)16(21)15-5-3-10-19-17(15)18/h3,5-10H,4,11-12H2,1-2H3. The minimum absolute atomic E-state index is 0.141. The van der Waals surface area contributed by atoms with Crippen molar-refractivity contribution >= 4 is 17.4 Å². The van der Waals surface area contributed by atoms with E-state index in [1.807, 2.05) is 14.1 Å². The van der Waals surface area contributed by atoms with Gasteiger partial charge in [0.1, 0.15) is 10.9 Å². The molecule has 0 radical (unpaired) electrons. The lowest BCUT2D eigenvalue weighted by Crippen LogP contribution is -2.15. The van der Waals surface area contributed by atoms with Gasteiger partial charge in [-0.3, -0.25) is 4.79 Å². The Morgan fingerprint density at radius 1 is 1.23 bits per heavy atom. The molecule has 0 bridgehead atoms. The highest BCUT2D eigenvalue weighted by atomic mass is 35.5. The summed E-state index contributed by atoms with van der Waals surface area (Å²) in [7, 11) is 4.06. The first-order chi connectivity index (χ1) is 10.6. The Kier molecular flexibility index (Phi) is 5.92. The van der Waals surface area contributed by atoms with Crippen LogP contribution in [0.4, 0.5) is 0 Å². The van der Waals surface area contributed by atoms with Crippen molar-refractivity contribution in [1.82, 2.24) is 9.88 Å². The van der Waals surface area contributed by atoms with E-state index in [2.05, 4.69) is 9.88 Å². The number of pyridine rings is 1. The molecule has 0 spiro atoms. The van der Waals surface area contributed by atoms with Gasteiger partial charge in [-0.15, -0.1) is 0 Å². The summed E-state index contributed by atoms with van der Waals surface area (Å²) in [5, 5.41) is 0.219. The molecule has 4 nitrogen and oxygen atoms in total. The Morgan fingerprint density at radius 2 is 1.95 bits per heavy atom. The van der Waals surface area contributed by atoms with Gasteiger partial charge in [0.25, 0.3) is 0 Å². The van der Waals surface area contributed by atoms with E-state index >= 15 is 0 Å². The Morgan fingerprint density at radius 3 is 2.59 bits per heavy atom. The topological polar surface area (TPSA) is 42.4 Å². The van der Waals surface area contributed by atoms with Crippen LogP contribution < -0.4 is 4.74 Å². The third-order valence-corrected chi connectivity index (χ3v) is 3.44. The van der Waals surface area contributed by atoms with Crippen LogP contribution in [0.1, 0.15) is 22.3 Å². The minimum Gasteiger partial charge on any atom is -0.494 e. The molecule has 0 aliphatic heterocycles. The fraction of sp³-hybridized carbons (Fsp3) is 0.294. The van der Waals surface area contributed by atoms with E-state index < -0.39 is 0 Å². The van der Waals surface area contributed by atoms with E-state index in [0.717, 1.165) is 18.7 Å². The van der Waals surface area contributed by atoms with Crippen LogP contribution in [0.5, 0.6) is 5.75 Å². The summed E-state index contributed by atoms with van der Waals surface area (Å²) in [6, 6.07) is 10.4. The average molecular weight is 319 g/mol. The number of benzene rings is 1. The quantitative estimate of drug-likeness (QED) is 0.446. The highest BCUT2D eigenvalue weighted by molar-refractivity contribution is 6.33. The molecule has 2 aromatic rings. The van der Waals surface area contributed by atoms with Gasteiger partial charge < -0.3 is 9.64 Å². The van der Waals surface area contributed by atoms with Crippen molar-refractivity contribution in [3.8, 4) is 5.75 Å². The minimum atomic E-state index is -0.141. The van der Waals surface area contributed by atoms with E-state index in [1.165, 1.54) is 0 Å². The smallest absolute Gasteiger partial charge is 0.196 e. The van der Waals surface area contributed by atoms with Crippen molar-refractivity contribution in [1.29, 1.82) is 0 Å². The first kappa shape index (κ1) is 16.5. The second kappa shape index (κ2) is 7.92. The summed E-state index contributed by atoms with van der Waals surface area (Å²) >= 11 is 5.95. The van der Waals surface area contributed by atoms with Crippen molar-refractivity contribution in [3.05, 3.63) is 58.9 Å². The number of halogens is 1. The lowest BCUT2D eigenvalue weighted by atomic mass is 10.1. The number of ketones is 1. The fourth-order valence-corrected chi connectivity index (χ4v) is 2.19. The number of carbonyl (C=O) groups excluding carboxylic acids is 1. The van der Waals surface area contributed by atoms with Gasteiger partial charge >= 0.3 is 0 Å². The number of nitrogens with zero attached hydrogens (tertiary/aromatic N) is 2. The SMILES string of the molecule is CN(C)CCCOc1ccc(C(=O)c2cccnc2Cl)cc1. The van der Waals surface area contributed by atoms with E-state index in [1.54, 1.807) is 42.6 Å². The number of carbonyl (C=O) groups is 1. The monoisotopic (exact) mass is 318 g/mol. The van der Waals surface area contributed by atoms with Crippen LogP contribution in [-0.2, 0) is 0 Å². The van der Waals surface area contributed by atoms with Crippen molar-refractivity contribution in [2.75, 3.05) is 27.2 Å². The number of ether oxygens (including phenoxy) is 1. The molecule has 0 saturated heterocycles. The van der Waals surface area contributed by atoms with Gasteiger partial charge in [-0.25, -0.2) is 4.98 Å². The molecule has 116 valence electrons. The van der Waals surface area contributed by atoms with Crippen molar-refractivity contribution in [2.24, 2.45) is 0 Å². The van der Waals surface area contributed by atoms with Gasteiger partial charge in [-0.2, -0.15) is 0 Å². The van der Waals surface area contributed by atoms with Crippen LogP contribution in [-0.4, -0.2) is 42.9 Å². The van der Waals surface area contributed by atoms with Gasteiger partial charge in [0, 0.05) is 18.3 Å². The lowest BCUT2D eigenvalue weighted by Gasteiger charge is -2.10. The van der Waals surface area contributed by atoms with Gasteiger partial charge in [0.05, 0.1) is 12.2 Å². The van der Waals surface area contributed by atoms with Gasteiger partial charge in [0.15, 0.2) is 5.78 Å². The Bertz CT molecular complexity index is 627. The molecule has 0 N–H and O–H groups in total. The summed E-state index contributed by atoms with van der Waals surface area (Å²) in [5.74, 6) is 0.616. The molecule has 1 heterocycles. The van der Waals surface area contributed by atoms with Crippen LogP contribution in [0.3, 0.4) is 0 Å². The summed E-state index contributed by atoms with van der Waals surface area (Å²) in [6.45, 7) is 1.63.